The number of piperazine rings is 1. The topological polar surface area (TPSA) is 88.2 Å². The average molecular weight is 304 g/mol. The fourth-order valence-corrected chi connectivity index (χ4v) is 3.76. The second-order valence-electron chi connectivity index (χ2n) is 4.90. The molecule has 21 heavy (non-hydrogen) atoms. The van der Waals surface area contributed by atoms with Gasteiger partial charge in [-0.2, -0.15) is 14.8 Å². The Hall–Kier alpha value is -1.93. The van der Waals surface area contributed by atoms with Crippen molar-refractivity contribution >= 4 is 10.0 Å². The molecule has 0 aliphatic carbocycles. The highest BCUT2D eigenvalue weighted by Gasteiger charge is 2.26. The molecule has 1 aromatic rings. The van der Waals surface area contributed by atoms with E-state index in [1.165, 1.54) is 4.31 Å². The first-order valence-corrected chi connectivity index (χ1v) is 8.22. The van der Waals surface area contributed by atoms with E-state index in [1.807, 2.05) is 11.0 Å². The summed E-state index contributed by atoms with van der Waals surface area (Å²) in [6, 6.07) is 10.7. The molecule has 0 spiro atoms. The van der Waals surface area contributed by atoms with E-state index in [2.05, 4.69) is 6.07 Å². The first-order valence-electron chi connectivity index (χ1n) is 6.61. The highest BCUT2D eigenvalue weighted by atomic mass is 32.2. The standard InChI is InChI=1S/C14H16N4O2S/c15-5-6-17-7-9-18(10-8-17)21(19,20)12-14-3-1-13(11-16)2-4-14/h1-4H,6-10,12H2. The lowest BCUT2D eigenvalue weighted by molar-refractivity contribution is 0.206. The van der Waals surface area contributed by atoms with Crippen LogP contribution in [0, 0.1) is 22.7 Å². The highest BCUT2D eigenvalue weighted by molar-refractivity contribution is 7.88. The molecule has 0 amide bonds. The molecule has 0 N–H and O–H groups in total. The second-order valence-corrected chi connectivity index (χ2v) is 6.87. The molecule has 0 radical (unpaired) electrons. The van der Waals surface area contributed by atoms with Crippen LogP contribution in [0.4, 0.5) is 0 Å². The Balaban J connectivity index is 1.99. The van der Waals surface area contributed by atoms with Gasteiger partial charge in [0.1, 0.15) is 0 Å². The number of nitriles is 2. The van der Waals surface area contributed by atoms with Gasteiger partial charge in [0.05, 0.1) is 30.0 Å². The number of sulfonamides is 1. The Bertz CT molecular complexity index is 662. The van der Waals surface area contributed by atoms with Gasteiger partial charge in [0.25, 0.3) is 0 Å². The van der Waals surface area contributed by atoms with Gasteiger partial charge in [-0.05, 0) is 17.7 Å². The zero-order valence-corrected chi connectivity index (χ0v) is 12.4. The van der Waals surface area contributed by atoms with Crippen molar-refractivity contribution in [2.75, 3.05) is 32.7 Å². The van der Waals surface area contributed by atoms with E-state index in [0.29, 0.717) is 43.9 Å². The van der Waals surface area contributed by atoms with Gasteiger partial charge in [-0.3, -0.25) is 4.90 Å². The molecule has 1 aromatic carbocycles. The van der Waals surface area contributed by atoms with Crippen LogP contribution in [0.1, 0.15) is 11.1 Å². The minimum absolute atomic E-state index is 0.0586. The molecule has 1 aliphatic heterocycles. The molecule has 0 atom stereocenters. The molecule has 1 heterocycles. The quantitative estimate of drug-likeness (QED) is 0.757. The van der Waals surface area contributed by atoms with Crippen LogP contribution in [0.5, 0.6) is 0 Å². The van der Waals surface area contributed by atoms with Crippen LogP contribution in [0.2, 0.25) is 0 Å². The van der Waals surface area contributed by atoms with E-state index in [9.17, 15) is 8.42 Å². The van der Waals surface area contributed by atoms with E-state index >= 15 is 0 Å². The largest absolute Gasteiger partial charge is 0.288 e. The molecule has 110 valence electrons. The lowest BCUT2D eigenvalue weighted by Gasteiger charge is -2.32. The maximum Gasteiger partial charge on any atom is 0.218 e. The van der Waals surface area contributed by atoms with Crippen molar-refractivity contribution < 1.29 is 8.42 Å². The summed E-state index contributed by atoms with van der Waals surface area (Å²) in [6.07, 6.45) is 0. The molecular formula is C14H16N4O2S. The van der Waals surface area contributed by atoms with Crippen molar-refractivity contribution in [2.45, 2.75) is 5.75 Å². The molecule has 1 aliphatic rings. The molecule has 0 saturated carbocycles. The van der Waals surface area contributed by atoms with Crippen molar-refractivity contribution in [2.24, 2.45) is 0 Å². The maximum atomic E-state index is 12.4. The van der Waals surface area contributed by atoms with Gasteiger partial charge in [0.2, 0.25) is 10.0 Å². The summed E-state index contributed by atoms with van der Waals surface area (Å²) < 4.78 is 26.2. The van der Waals surface area contributed by atoms with Crippen molar-refractivity contribution in [3.8, 4) is 12.1 Å². The fraction of sp³-hybridized carbons (Fsp3) is 0.429. The van der Waals surface area contributed by atoms with Crippen molar-refractivity contribution in [1.29, 1.82) is 10.5 Å². The Morgan fingerprint density at radius 3 is 2.19 bits per heavy atom. The third kappa shape index (κ3) is 4.02. The number of nitrogens with zero attached hydrogens (tertiary/aromatic N) is 4. The van der Waals surface area contributed by atoms with E-state index in [1.54, 1.807) is 24.3 Å². The molecule has 0 unspecified atom stereocenters. The molecule has 2 rings (SSSR count). The van der Waals surface area contributed by atoms with E-state index in [-0.39, 0.29) is 5.75 Å². The number of rotatable bonds is 4. The van der Waals surface area contributed by atoms with Crippen LogP contribution in [-0.2, 0) is 15.8 Å². The predicted molar refractivity (Wildman–Crippen MR) is 77.4 cm³/mol. The molecule has 0 bridgehead atoms. The SMILES string of the molecule is N#CCN1CCN(S(=O)(=O)Cc2ccc(C#N)cc2)CC1. The molecule has 1 saturated heterocycles. The van der Waals surface area contributed by atoms with Crippen LogP contribution in [0.3, 0.4) is 0 Å². The first-order chi connectivity index (χ1) is 10.0. The third-order valence-corrected chi connectivity index (χ3v) is 5.30. The number of hydrogen-bond donors (Lipinski definition) is 0. The normalized spacial score (nSPS) is 17.0. The molecule has 1 fully saturated rings. The van der Waals surface area contributed by atoms with Gasteiger partial charge in [0.15, 0.2) is 0 Å². The second kappa shape index (κ2) is 6.68. The van der Waals surface area contributed by atoms with Gasteiger partial charge in [0, 0.05) is 26.2 Å². The lowest BCUT2D eigenvalue weighted by Crippen LogP contribution is -2.48. The first kappa shape index (κ1) is 15.5. The van der Waals surface area contributed by atoms with Crippen LogP contribution in [0.15, 0.2) is 24.3 Å². The van der Waals surface area contributed by atoms with Crippen molar-refractivity contribution in [3.63, 3.8) is 0 Å². The Labute approximate surface area is 124 Å². The molecule has 6 nitrogen and oxygen atoms in total. The third-order valence-electron chi connectivity index (χ3n) is 3.45. The van der Waals surface area contributed by atoms with E-state index in [4.69, 9.17) is 10.5 Å². The van der Waals surface area contributed by atoms with Crippen molar-refractivity contribution in [3.05, 3.63) is 35.4 Å². The Morgan fingerprint density at radius 2 is 1.67 bits per heavy atom. The van der Waals surface area contributed by atoms with Gasteiger partial charge in [-0.15, -0.1) is 0 Å². The maximum absolute atomic E-state index is 12.4. The van der Waals surface area contributed by atoms with Gasteiger partial charge < -0.3 is 0 Å². The predicted octanol–water partition coefficient (Wildman–Crippen LogP) is 0.529. The molecule has 7 heteroatoms. The van der Waals surface area contributed by atoms with Gasteiger partial charge >= 0.3 is 0 Å². The minimum atomic E-state index is -3.35. The fourth-order valence-electron chi connectivity index (χ4n) is 2.24. The number of hydrogen-bond acceptors (Lipinski definition) is 5. The summed E-state index contributed by atoms with van der Waals surface area (Å²) in [6.45, 7) is 2.34. The number of benzene rings is 1. The average Bonchev–Trinajstić information content (AvgIpc) is 2.48. The monoisotopic (exact) mass is 304 g/mol. The van der Waals surface area contributed by atoms with Crippen LogP contribution >= 0.6 is 0 Å². The zero-order chi connectivity index (χ0) is 15.3. The minimum Gasteiger partial charge on any atom is -0.288 e. The highest BCUT2D eigenvalue weighted by Crippen LogP contribution is 2.14. The summed E-state index contributed by atoms with van der Waals surface area (Å²) >= 11 is 0. The van der Waals surface area contributed by atoms with Crippen LogP contribution < -0.4 is 0 Å². The van der Waals surface area contributed by atoms with Crippen LogP contribution in [-0.4, -0.2) is 50.3 Å². The molecule has 0 aromatic heterocycles. The van der Waals surface area contributed by atoms with Gasteiger partial charge in [-0.25, -0.2) is 8.42 Å². The molecular weight excluding hydrogens is 288 g/mol. The van der Waals surface area contributed by atoms with Gasteiger partial charge in [-0.1, -0.05) is 12.1 Å². The summed E-state index contributed by atoms with van der Waals surface area (Å²) in [4.78, 5) is 1.94. The summed E-state index contributed by atoms with van der Waals surface area (Å²) in [5.41, 5.74) is 1.19. The summed E-state index contributed by atoms with van der Waals surface area (Å²) in [5, 5.41) is 17.4. The Morgan fingerprint density at radius 1 is 1.05 bits per heavy atom. The van der Waals surface area contributed by atoms with E-state index in [0.717, 1.165) is 0 Å². The zero-order valence-electron chi connectivity index (χ0n) is 11.6. The van der Waals surface area contributed by atoms with Crippen LogP contribution in [0.25, 0.3) is 0 Å². The smallest absolute Gasteiger partial charge is 0.218 e. The lowest BCUT2D eigenvalue weighted by atomic mass is 10.2. The Kier molecular flexibility index (Phi) is 4.92. The van der Waals surface area contributed by atoms with E-state index < -0.39 is 10.0 Å². The summed E-state index contributed by atoms with van der Waals surface area (Å²) in [7, 11) is -3.35. The van der Waals surface area contributed by atoms with Crippen molar-refractivity contribution in [1.82, 2.24) is 9.21 Å². The summed E-state index contributed by atoms with van der Waals surface area (Å²) in [5.74, 6) is -0.0586.